The van der Waals surface area contributed by atoms with E-state index in [1.165, 1.54) is 0 Å². The van der Waals surface area contributed by atoms with E-state index >= 15 is 0 Å². The van der Waals surface area contributed by atoms with E-state index in [1.54, 1.807) is 30.3 Å². The topological polar surface area (TPSA) is 58.2 Å². The Balaban J connectivity index is 2.08. The minimum absolute atomic E-state index is 0.118. The van der Waals surface area contributed by atoms with Gasteiger partial charge in [0.1, 0.15) is 0 Å². The molecule has 2 aromatic carbocycles. The van der Waals surface area contributed by atoms with E-state index in [-0.39, 0.29) is 5.75 Å². The summed E-state index contributed by atoms with van der Waals surface area (Å²) in [5.74, 6) is 0.118. The van der Waals surface area contributed by atoms with Gasteiger partial charge in [-0.05, 0) is 42.8 Å². The Morgan fingerprint density at radius 2 is 1.62 bits per heavy atom. The summed E-state index contributed by atoms with van der Waals surface area (Å²) in [6.07, 6.45) is 0.585. The number of hydrogen-bond donors (Lipinski definition) is 2. The zero-order valence-electron chi connectivity index (χ0n) is 11.6. The second-order valence-electron chi connectivity index (χ2n) is 4.60. The van der Waals surface area contributed by atoms with Gasteiger partial charge in [-0.1, -0.05) is 30.7 Å². The molecular weight excluding hydrogens is 308 g/mol. The Morgan fingerprint density at radius 3 is 2.24 bits per heavy atom. The van der Waals surface area contributed by atoms with Crippen molar-refractivity contribution in [3.63, 3.8) is 0 Å². The molecule has 2 rings (SSSR count). The number of anilines is 3. The summed E-state index contributed by atoms with van der Waals surface area (Å²) in [6, 6.07) is 14.5. The van der Waals surface area contributed by atoms with Crippen molar-refractivity contribution in [3.8, 4) is 0 Å². The summed E-state index contributed by atoms with van der Waals surface area (Å²) >= 11 is 6.07. The third-order valence-corrected chi connectivity index (χ3v) is 4.61. The van der Waals surface area contributed by atoms with Crippen LogP contribution in [0, 0.1) is 0 Å². The molecule has 6 heteroatoms. The molecule has 0 saturated carbocycles. The predicted octanol–water partition coefficient (Wildman–Crippen LogP) is 4.24. The minimum Gasteiger partial charge on any atom is -0.354 e. The van der Waals surface area contributed by atoms with E-state index in [4.69, 9.17) is 11.6 Å². The van der Waals surface area contributed by atoms with Crippen LogP contribution in [0.3, 0.4) is 0 Å². The van der Waals surface area contributed by atoms with Crippen LogP contribution < -0.4 is 10.0 Å². The number of nitrogens with one attached hydrogen (secondary N) is 2. The molecule has 0 saturated heterocycles. The molecule has 112 valence electrons. The zero-order chi connectivity index (χ0) is 15.3. The van der Waals surface area contributed by atoms with Crippen LogP contribution in [0.2, 0.25) is 5.02 Å². The fourth-order valence-electron chi connectivity index (χ4n) is 1.84. The van der Waals surface area contributed by atoms with Gasteiger partial charge < -0.3 is 5.32 Å². The minimum atomic E-state index is -3.25. The average molecular weight is 325 g/mol. The lowest BCUT2D eigenvalue weighted by molar-refractivity contribution is 0.600. The zero-order valence-corrected chi connectivity index (χ0v) is 13.2. The quantitative estimate of drug-likeness (QED) is 0.835. The van der Waals surface area contributed by atoms with E-state index in [0.29, 0.717) is 17.1 Å². The third-order valence-electron chi connectivity index (χ3n) is 2.78. The molecule has 0 aromatic heterocycles. The largest absolute Gasteiger partial charge is 0.354 e. The Hall–Kier alpha value is -1.72. The molecule has 0 aliphatic rings. The first-order chi connectivity index (χ1) is 10.00. The SMILES string of the molecule is CCCS(=O)(=O)Nc1ccc(Nc2ccccc2Cl)cc1. The monoisotopic (exact) mass is 324 g/mol. The Bertz CT molecular complexity index is 700. The molecule has 4 nitrogen and oxygen atoms in total. The van der Waals surface area contributed by atoms with Crippen molar-refractivity contribution >= 4 is 38.7 Å². The molecule has 0 unspecified atom stereocenters. The normalized spacial score (nSPS) is 11.1. The number of halogens is 1. The van der Waals surface area contributed by atoms with Crippen molar-refractivity contribution in [3.05, 3.63) is 53.6 Å². The maximum Gasteiger partial charge on any atom is 0.232 e. The van der Waals surface area contributed by atoms with Gasteiger partial charge in [-0.3, -0.25) is 4.72 Å². The van der Waals surface area contributed by atoms with Crippen LogP contribution in [0.4, 0.5) is 17.1 Å². The highest BCUT2D eigenvalue weighted by Gasteiger charge is 2.08. The standard InChI is InChI=1S/C15H17ClN2O2S/c1-2-11-21(19,20)18-13-9-7-12(8-10-13)17-15-6-4-3-5-14(15)16/h3-10,17-18H,2,11H2,1H3. The van der Waals surface area contributed by atoms with Gasteiger partial charge in [0.2, 0.25) is 10.0 Å². The smallest absolute Gasteiger partial charge is 0.232 e. The van der Waals surface area contributed by atoms with E-state index < -0.39 is 10.0 Å². The molecule has 0 aliphatic carbocycles. The van der Waals surface area contributed by atoms with Crippen LogP contribution in [0.1, 0.15) is 13.3 Å². The van der Waals surface area contributed by atoms with Gasteiger partial charge in [-0.2, -0.15) is 0 Å². The van der Waals surface area contributed by atoms with Gasteiger partial charge in [0.15, 0.2) is 0 Å². The number of hydrogen-bond acceptors (Lipinski definition) is 3. The number of rotatable bonds is 6. The Labute approximate surface area is 130 Å². The van der Waals surface area contributed by atoms with E-state index in [9.17, 15) is 8.42 Å². The lowest BCUT2D eigenvalue weighted by atomic mass is 10.2. The summed E-state index contributed by atoms with van der Waals surface area (Å²) in [5.41, 5.74) is 2.19. The summed E-state index contributed by atoms with van der Waals surface area (Å²) in [6.45, 7) is 1.83. The van der Waals surface area contributed by atoms with E-state index in [1.807, 2.05) is 25.1 Å². The van der Waals surface area contributed by atoms with Crippen molar-refractivity contribution in [1.29, 1.82) is 0 Å². The second-order valence-corrected chi connectivity index (χ2v) is 6.85. The lowest BCUT2D eigenvalue weighted by Crippen LogP contribution is -2.15. The summed E-state index contributed by atoms with van der Waals surface area (Å²) in [5, 5.41) is 3.81. The summed E-state index contributed by atoms with van der Waals surface area (Å²) in [7, 11) is -3.25. The van der Waals surface area contributed by atoms with Gasteiger partial charge in [0, 0.05) is 11.4 Å². The highest BCUT2D eigenvalue weighted by molar-refractivity contribution is 7.92. The lowest BCUT2D eigenvalue weighted by Gasteiger charge is -2.10. The van der Waals surface area contributed by atoms with E-state index in [2.05, 4.69) is 10.0 Å². The fourth-order valence-corrected chi connectivity index (χ4v) is 3.16. The van der Waals surface area contributed by atoms with Gasteiger partial charge in [-0.25, -0.2) is 8.42 Å². The molecule has 0 radical (unpaired) electrons. The van der Waals surface area contributed by atoms with Crippen LogP contribution >= 0.6 is 11.6 Å². The highest BCUT2D eigenvalue weighted by atomic mass is 35.5. The van der Waals surface area contributed by atoms with Crippen molar-refractivity contribution in [2.45, 2.75) is 13.3 Å². The molecular formula is C15H17ClN2O2S. The molecule has 0 fully saturated rings. The average Bonchev–Trinajstić information content (AvgIpc) is 2.43. The second kappa shape index (κ2) is 6.83. The molecule has 0 amide bonds. The molecule has 0 spiro atoms. The maximum atomic E-state index is 11.7. The number of benzene rings is 2. The maximum absolute atomic E-state index is 11.7. The molecule has 0 bridgehead atoms. The van der Waals surface area contributed by atoms with Crippen molar-refractivity contribution in [2.24, 2.45) is 0 Å². The van der Waals surface area contributed by atoms with Crippen molar-refractivity contribution in [1.82, 2.24) is 0 Å². The third kappa shape index (κ3) is 4.65. The number of sulfonamides is 1. The van der Waals surface area contributed by atoms with Crippen LogP contribution in [-0.4, -0.2) is 14.2 Å². The van der Waals surface area contributed by atoms with E-state index in [0.717, 1.165) is 11.4 Å². The highest BCUT2D eigenvalue weighted by Crippen LogP contribution is 2.25. The molecule has 2 N–H and O–H groups in total. The predicted molar refractivity (Wildman–Crippen MR) is 88.9 cm³/mol. The molecule has 0 aliphatic heterocycles. The summed E-state index contributed by atoms with van der Waals surface area (Å²) in [4.78, 5) is 0. The molecule has 0 heterocycles. The number of para-hydroxylation sites is 1. The van der Waals surface area contributed by atoms with Gasteiger partial charge >= 0.3 is 0 Å². The van der Waals surface area contributed by atoms with Crippen LogP contribution in [0.25, 0.3) is 0 Å². The van der Waals surface area contributed by atoms with Gasteiger partial charge in [0.05, 0.1) is 16.5 Å². The first-order valence-corrected chi connectivity index (χ1v) is 8.65. The van der Waals surface area contributed by atoms with Crippen LogP contribution in [0.5, 0.6) is 0 Å². The van der Waals surface area contributed by atoms with Crippen LogP contribution in [-0.2, 0) is 10.0 Å². The summed E-state index contributed by atoms with van der Waals surface area (Å²) < 4.78 is 25.9. The Kier molecular flexibility index (Phi) is 5.09. The fraction of sp³-hybridized carbons (Fsp3) is 0.200. The molecule has 2 aromatic rings. The first kappa shape index (κ1) is 15.7. The molecule has 0 atom stereocenters. The first-order valence-electron chi connectivity index (χ1n) is 6.62. The van der Waals surface area contributed by atoms with Gasteiger partial charge in [-0.15, -0.1) is 0 Å². The van der Waals surface area contributed by atoms with Gasteiger partial charge in [0.25, 0.3) is 0 Å². The van der Waals surface area contributed by atoms with Crippen LogP contribution in [0.15, 0.2) is 48.5 Å². The van der Waals surface area contributed by atoms with Crippen molar-refractivity contribution in [2.75, 3.05) is 15.8 Å². The van der Waals surface area contributed by atoms with Crippen molar-refractivity contribution < 1.29 is 8.42 Å². The molecule has 21 heavy (non-hydrogen) atoms. The Morgan fingerprint density at radius 1 is 1.00 bits per heavy atom.